The molecule has 15 heavy (non-hydrogen) atoms. The van der Waals surface area contributed by atoms with E-state index in [1.165, 1.54) is 0 Å². The largest absolute Gasteiger partial charge is 0.198 e. The molecule has 0 aromatic rings. The molecule has 4 atom stereocenters. The van der Waals surface area contributed by atoms with Gasteiger partial charge < -0.3 is 0 Å². The summed E-state index contributed by atoms with van der Waals surface area (Å²) in [6, 6.07) is 6.55. The van der Waals surface area contributed by atoms with Crippen molar-refractivity contribution in [1.82, 2.24) is 0 Å². The topological polar surface area (TPSA) is 71.4 Å². The highest BCUT2D eigenvalue weighted by Crippen LogP contribution is 2.37. The molecule has 0 radical (unpaired) electrons. The third kappa shape index (κ3) is 3.26. The van der Waals surface area contributed by atoms with Crippen molar-refractivity contribution in [3.05, 3.63) is 0 Å². The van der Waals surface area contributed by atoms with E-state index in [4.69, 9.17) is 10.5 Å². The molecule has 0 aliphatic carbocycles. The number of nitrogens with zero attached hydrogens (tertiary/aromatic N) is 3. The Morgan fingerprint density at radius 3 is 1.93 bits per heavy atom. The molecule has 0 aromatic carbocycles. The second-order valence-electron chi connectivity index (χ2n) is 4.47. The standard InChI is InChI=1S/C12H17N3/c1-9(6-13)5-12(4,8-15)11(3)10(2)7-14/h9-11H,5H2,1-4H3. The predicted octanol–water partition coefficient (Wildman–Crippen LogP) is 2.86. The Morgan fingerprint density at radius 1 is 1.07 bits per heavy atom. The van der Waals surface area contributed by atoms with Gasteiger partial charge in [0, 0.05) is 11.8 Å². The minimum atomic E-state index is -0.593. The Balaban J connectivity index is 4.82. The Morgan fingerprint density at radius 2 is 1.60 bits per heavy atom. The molecule has 0 spiro atoms. The quantitative estimate of drug-likeness (QED) is 0.705. The van der Waals surface area contributed by atoms with Gasteiger partial charge in [-0.3, -0.25) is 0 Å². The molecular formula is C12H17N3. The fraction of sp³-hybridized carbons (Fsp3) is 0.750. The van der Waals surface area contributed by atoms with Gasteiger partial charge >= 0.3 is 0 Å². The van der Waals surface area contributed by atoms with Gasteiger partial charge in [-0.15, -0.1) is 0 Å². The fourth-order valence-corrected chi connectivity index (χ4v) is 1.68. The lowest BCUT2D eigenvalue weighted by Gasteiger charge is -2.31. The third-order valence-electron chi connectivity index (χ3n) is 3.16. The maximum Gasteiger partial charge on any atom is 0.0690 e. The van der Waals surface area contributed by atoms with Crippen LogP contribution in [0.2, 0.25) is 0 Å². The van der Waals surface area contributed by atoms with E-state index >= 15 is 0 Å². The summed E-state index contributed by atoms with van der Waals surface area (Å²) in [5.74, 6) is -0.341. The first-order valence-electron chi connectivity index (χ1n) is 5.11. The maximum absolute atomic E-state index is 9.18. The van der Waals surface area contributed by atoms with Crippen LogP contribution in [0.4, 0.5) is 0 Å². The van der Waals surface area contributed by atoms with Crippen LogP contribution >= 0.6 is 0 Å². The highest BCUT2D eigenvalue weighted by Gasteiger charge is 2.36. The summed E-state index contributed by atoms with van der Waals surface area (Å²) in [6.45, 7) is 7.36. The van der Waals surface area contributed by atoms with Gasteiger partial charge in [0.15, 0.2) is 0 Å². The highest BCUT2D eigenvalue weighted by molar-refractivity contribution is 5.05. The first kappa shape index (κ1) is 13.5. The number of hydrogen-bond acceptors (Lipinski definition) is 3. The number of nitriles is 3. The summed E-state index contributed by atoms with van der Waals surface area (Å²) in [7, 11) is 0. The molecule has 0 rings (SSSR count). The smallest absolute Gasteiger partial charge is 0.0690 e. The summed E-state index contributed by atoms with van der Waals surface area (Å²) >= 11 is 0. The highest BCUT2D eigenvalue weighted by atomic mass is 14.4. The average Bonchev–Trinajstić information content (AvgIpc) is 2.26. The Kier molecular flexibility index (Phi) is 4.83. The second kappa shape index (κ2) is 5.38. The molecule has 0 N–H and O–H groups in total. The second-order valence-corrected chi connectivity index (χ2v) is 4.47. The van der Waals surface area contributed by atoms with E-state index < -0.39 is 5.41 Å². The van der Waals surface area contributed by atoms with Crippen molar-refractivity contribution in [3.8, 4) is 18.2 Å². The molecule has 0 fully saturated rings. The van der Waals surface area contributed by atoms with Gasteiger partial charge in [-0.2, -0.15) is 15.8 Å². The summed E-state index contributed by atoms with van der Waals surface area (Å²) in [5.41, 5.74) is -0.593. The van der Waals surface area contributed by atoms with Crippen molar-refractivity contribution in [1.29, 1.82) is 15.8 Å². The maximum atomic E-state index is 9.18. The molecule has 0 aliphatic heterocycles. The molecule has 0 saturated heterocycles. The van der Waals surface area contributed by atoms with Crippen LogP contribution in [0.15, 0.2) is 0 Å². The lowest BCUT2D eigenvalue weighted by molar-refractivity contribution is 0.208. The van der Waals surface area contributed by atoms with Crippen LogP contribution in [0.3, 0.4) is 0 Å². The van der Waals surface area contributed by atoms with E-state index in [0.29, 0.717) is 6.42 Å². The Labute approximate surface area is 91.9 Å². The van der Waals surface area contributed by atoms with Gasteiger partial charge in [0.1, 0.15) is 0 Å². The van der Waals surface area contributed by atoms with Crippen LogP contribution in [-0.4, -0.2) is 0 Å². The summed E-state index contributed by atoms with van der Waals surface area (Å²) < 4.78 is 0. The number of hydrogen-bond donors (Lipinski definition) is 0. The van der Waals surface area contributed by atoms with Gasteiger partial charge in [-0.1, -0.05) is 6.92 Å². The molecule has 0 aliphatic rings. The van der Waals surface area contributed by atoms with Crippen molar-refractivity contribution in [3.63, 3.8) is 0 Å². The molecule has 80 valence electrons. The molecule has 0 aromatic heterocycles. The number of rotatable bonds is 4. The molecule has 3 nitrogen and oxygen atoms in total. The summed E-state index contributed by atoms with van der Waals surface area (Å²) in [6.07, 6.45) is 0.521. The SMILES string of the molecule is CC(C#N)CC(C)(C#N)C(C)C(C)C#N. The van der Waals surface area contributed by atoms with E-state index in [1.54, 1.807) is 6.92 Å². The molecule has 3 heteroatoms. The first-order chi connectivity index (χ1) is 6.91. The predicted molar refractivity (Wildman–Crippen MR) is 57.1 cm³/mol. The normalized spacial score (nSPS) is 19.8. The molecule has 4 unspecified atom stereocenters. The van der Waals surface area contributed by atoms with E-state index in [-0.39, 0.29) is 17.8 Å². The van der Waals surface area contributed by atoms with Crippen molar-refractivity contribution in [2.24, 2.45) is 23.2 Å². The van der Waals surface area contributed by atoms with Gasteiger partial charge in [0.2, 0.25) is 0 Å². The minimum absolute atomic E-state index is 0.0247. The fourth-order valence-electron chi connectivity index (χ4n) is 1.68. The Hall–Kier alpha value is -1.53. The van der Waals surface area contributed by atoms with E-state index in [2.05, 4.69) is 18.2 Å². The molecular weight excluding hydrogens is 186 g/mol. The van der Waals surface area contributed by atoms with Gasteiger partial charge in [-0.05, 0) is 33.1 Å². The molecule has 0 saturated carbocycles. The van der Waals surface area contributed by atoms with Gasteiger partial charge in [0.25, 0.3) is 0 Å². The lowest BCUT2D eigenvalue weighted by Crippen LogP contribution is -2.29. The van der Waals surface area contributed by atoms with Gasteiger partial charge in [-0.25, -0.2) is 0 Å². The molecule has 0 bridgehead atoms. The monoisotopic (exact) mass is 203 g/mol. The van der Waals surface area contributed by atoms with Crippen LogP contribution in [0.1, 0.15) is 34.1 Å². The first-order valence-corrected chi connectivity index (χ1v) is 5.11. The third-order valence-corrected chi connectivity index (χ3v) is 3.16. The van der Waals surface area contributed by atoms with E-state index in [9.17, 15) is 5.26 Å². The Bertz CT molecular complexity index is 328. The summed E-state index contributed by atoms with van der Waals surface area (Å²) in [4.78, 5) is 0. The van der Waals surface area contributed by atoms with Crippen molar-refractivity contribution in [2.75, 3.05) is 0 Å². The van der Waals surface area contributed by atoms with Crippen LogP contribution < -0.4 is 0 Å². The van der Waals surface area contributed by atoms with Crippen molar-refractivity contribution < 1.29 is 0 Å². The minimum Gasteiger partial charge on any atom is -0.198 e. The van der Waals surface area contributed by atoms with Crippen molar-refractivity contribution in [2.45, 2.75) is 34.1 Å². The molecule has 0 amide bonds. The van der Waals surface area contributed by atoms with Gasteiger partial charge in [0.05, 0.1) is 23.6 Å². The zero-order valence-corrected chi connectivity index (χ0v) is 9.78. The van der Waals surface area contributed by atoms with E-state index in [0.717, 1.165) is 0 Å². The van der Waals surface area contributed by atoms with Crippen LogP contribution in [0.25, 0.3) is 0 Å². The zero-order chi connectivity index (χ0) is 12.1. The summed E-state index contributed by atoms with van der Waals surface area (Å²) in [5, 5.41) is 26.8. The van der Waals surface area contributed by atoms with Crippen molar-refractivity contribution >= 4 is 0 Å². The average molecular weight is 203 g/mol. The zero-order valence-electron chi connectivity index (χ0n) is 9.78. The lowest BCUT2D eigenvalue weighted by atomic mass is 9.69. The van der Waals surface area contributed by atoms with E-state index in [1.807, 2.05) is 20.8 Å². The van der Waals surface area contributed by atoms with Crippen LogP contribution in [0, 0.1) is 57.2 Å². The van der Waals surface area contributed by atoms with Crippen LogP contribution in [0.5, 0.6) is 0 Å². The molecule has 0 heterocycles. The van der Waals surface area contributed by atoms with Crippen LogP contribution in [-0.2, 0) is 0 Å².